The van der Waals surface area contributed by atoms with E-state index in [-0.39, 0.29) is 5.97 Å². The third-order valence-corrected chi connectivity index (χ3v) is 1.57. The zero-order valence-corrected chi connectivity index (χ0v) is 8.27. The van der Waals surface area contributed by atoms with Crippen LogP contribution in [0.2, 0.25) is 0 Å². The van der Waals surface area contributed by atoms with E-state index in [2.05, 4.69) is 11.7 Å². The highest BCUT2D eigenvalue weighted by Gasteiger charge is 1.96. The average molecular weight is 172 g/mol. The van der Waals surface area contributed by atoms with Crippen molar-refractivity contribution in [2.24, 2.45) is 0 Å². The highest BCUT2D eigenvalue weighted by Crippen LogP contribution is 2.14. The molecule has 0 aliphatic heterocycles. The smallest absolute Gasteiger partial charge is 0.305 e. The number of unbranched alkanes of at least 4 members (excludes halogenated alkanes) is 2. The lowest BCUT2D eigenvalue weighted by molar-refractivity contribution is -0.140. The van der Waals surface area contributed by atoms with Gasteiger partial charge >= 0.3 is 5.97 Å². The first-order valence-electron chi connectivity index (χ1n) is 4.88. The monoisotopic (exact) mass is 172 g/mol. The van der Waals surface area contributed by atoms with Gasteiger partial charge in [0.25, 0.3) is 0 Å². The summed E-state index contributed by atoms with van der Waals surface area (Å²) < 4.78 is 4.46. The van der Waals surface area contributed by atoms with Crippen molar-refractivity contribution in [3.63, 3.8) is 0 Å². The number of esters is 1. The molecule has 2 heteroatoms. The van der Waals surface area contributed by atoms with Crippen molar-refractivity contribution in [2.45, 2.75) is 51.9 Å². The molecule has 0 aromatic carbocycles. The number of carbonyl (C=O) groups excluding carboxylic acids is 1. The average Bonchev–Trinajstić information content (AvgIpc) is 2.90. The summed E-state index contributed by atoms with van der Waals surface area (Å²) in [5, 5.41) is 0. The molecule has 0 amide bonds. The van der Waals surface area contributed by atoms with E-state index in [0.717, 1.165) is 19.3 Å². The maximum absolute atomic E-state index is 10.5. The van der Waals surface area contributed by atoms with Crippen LogP contribution >= 0.6 is 0 Å². The van der Waals surface area contributed by atoms with E-state index < -0.39 is 0 Å². The van der Waals surface area contributed by atoms with E-state index in [9.17, 15) is 4.79 Å². The highest BCUT2D eigenvalue weighted by atomic mass is 16.5. The third-order valence-electron chi connectivity index (χ3n) is 1.57. The Balaban J connectivity index is 0.000000330. The van der Waals surface area contributed by atoms with Crippen LogP contribution in [-0.2, 0) is 9.53 Å². The van der Waals surface area contributed by atoms with Gasteiger partial charge in [-0.3, -0.25) is 4.79 Å². The fourth-order valence-corrected chi connectivity index (χ4v) is 0.621. The van der Waals surface area contributed by atoms with Crippen LogP contribution in [0.15, 0.2) is 0 Å². The number of hydrogen-bond acceptors (Lipinski definition) is 2. The fourth-order valence-electron chi connectivity index (χ4n) is 0.621. The number of methoxy groups -OCH3 is 1. The SMILES string of the molecule is C1CC1.CCCCCC(=O)OC. The van der Waals surface area contributed by atoms with Crippen molar-refractivity contribution in [1.82, 2.24) is 0 Å². The molecule has 0 bridgehead atoms. The van der Waals surface area contributed by atoms with Crippen molar-refractivity contribution in [3.05, 3.63) is 0 Å². The van der Waals surface area contributed by atoms with Crippen LogP contribution in [0.5, 0.6) is 0 Å². The standard InChI is InChI=1S/C7H14O2.C3H6/c1-3-4-5-6-7(8)9-2;1-2-3-1/h3-6H2,1-2H3;1-3H2. The minimum absolute atomic E-state index is 0.0940. The lowest BCUT2D eigenvalue weighted by Gasteiger charge is -1.95. The van der Waals surface area contributed by atoms with Crippen LogP contribution in [0.3, 0.4) is 0 Å². The molecule has 0 aromatic rings. The molecule has 0 unspecified atom stereocenters. The molecule has 0 spiro atoms. The Morgan fingerprint density at radius 2 is 1.83 bits per heavy atom. The molecule has 0 heterocycles. The van der Waals surface area contributed by atoms with Crippen molar-refractivity contribution >= 4 is 5.97 Å². The van der Waals surface area contributed by atoms with E-state index in [1.807, 2.05) is 0 Å². The second-order valence-corrected chi connectivity index (χ2v) is 3.09. The number of carbonyl (C=O) groups is 1. The molecule has 12 heavy (non-hydrogen) atoms. The molecular formula is C10H20O2. The Kier molecular flexibility index (Phi) is 8.19. The summed E-state index contributed by atoms with van der Waals surface area (Å²) in [6, 6.07) is 0. The van der Waals surface area contributed by atoms with Crippen LogP contribution in [0.1, 0.15) is 51.9 Å². The normalized spacial score (nSPS) is 12.8. The molecule has 1 rings (SSSR count). The highest BCUT2D eigenvalue weighted by molar-refractivity contribution is 5.68. The van der Waals surface area contributed by atoms with Gasteiger partial charge in [-0.1, -0.05) is 39.0 Å². The van der Waals surface area contributed by atoms with Gasteiger partial charge in [-0.2, -0.15) is 0 Å². The van der Waals surface area contributed by atoms with Crippen molar-refractivity contribution < 1.29 is 9.53 Å². The number of ether oxygens (including phenoxy) is 1. The maximum atomic E-state index is 10.5. The zero-order valence-electron chi connectivity index (χ0n) is 8.27. The molecule has 2 nitrogen and oxygen atoms in total. The summed E-state index contributed by atoms with van der Waals surface area (Å²) in [6.45, 7) is 2.11. The van der Waals surface area contributed by atoms with Gasteiger partial charge < -0.3 is 4.74 Å². The molecule has 0 saturated heterocycles. The van der Waals surface area contributed by atoms with Gasteiger partial charge in [0.1, 0.15) is 0 Å². The van der Waals surface area contributed by atoms with Crippen molar-refractivity contribution in [1.29, 1.82) is 0 Å². The molecule has 72 valence electrons. The second kappa shape index (κ2) is 8.57. The third kappa shape index (κ3) is 12.2. The van der Waals surface area contributed by atoms with Gasteiger partial charge in [0, 0.05) is 6.42 Å². The summed E-state index contributed by atoms with van der Waals surface area (Å²) in [5.74, 6) is -0.0940. The Morgan fingerprint density at radius 3 is 2.17 bits per heavy atom. The molecule has 1 fully saturated rings. The Labute approximate surface area is 75.3 Å². The molecule has 1 aliphatic rings. The molecule has 0 N–H and O–H groups in total. The van der Waals surface area contributed by atoms with Crippen LogP contribution in [0.4, 0.5) is 0 Å². The number of hydrogen-bond donors (Lipinski definition) is 0. The summed E-state index contributed by atoms with van der Waals surface area (Å²) in [5.41, 5.74) is 0. The largest absolute Gasteiger partial charge is 0.469 e. The first kappa shape index (κ1) is 11.5. The Morgan fingerprint density at radius 1 is 1.25 bits per heavy atom. The van der Waals surface area contributed by atoms with Crippen LogP contribution in [-0.4, -0.2) is 13.1 Å². The van der Waals surface area contributed by atoms with Gasteiger partial charge in [-0.15, -0.1) is 0 Å². The van der Waals surface area contributed by atoms with Gasteiger partial charge in [0.15, 0.2) is 0 Å². The predicted octanol–water partition coefficient (Wildman–Crippen LogP) is 2.91. The Bertz CT molecular complexity index is 106. The van der Waals surface area contributed by atoms with Crippen LogP contribution < -0.4 is 0 Å². The topological polar surface area (TPSA) is 26.3 Å². The molecule has 0 aromatic heterocycles. The van der Waals surface area contributed by atoms with Crippen LogP contribution in [0.25, 0.3) is 0 Å². The van der Waals surface area contributed by atoms with Crippen molar-refractivity contribution in [2.75, 3.05) is 7.11 Å². The predicted molar refractivity (Wildman–Crippen MR) is 50.0 cm³/mol. The first-order valence-corrected chi connectivity index (χ1v) is 4.88. The van der Waals surface area contributed by atoms with E-state index in [4.69, 9.17) is 0 Å². The minimum atomic E-state index is -0.0940. The zero-order chi connectivity index (χ0) is 9.23. The van der Waals surface area contributed by atoms with E-state index in [1.165, 1.54) is 26.4 Å². The lowest BCUT2D eigenvalue weighted by Crippen LogP contribution is -1.98. The Hall–Kier alpha value is -0.530. The van der Waals surface area contributed by atoms with Gasteiger partial charge in [0.05, 0.1) is 7.11 Å². The summed E-state index contributed by atoms with van der Waals surface area (Å²) in [6.07, 6.45) is 8.31. The minimum Gasteiger partial charge on any atom is -0.469 e. The quantitative estimate of drug-likeness (QED) is 0.481. The van der Waals surface area contributed by atoms with E-state index >= 15 is 0 Å². The molecule has 0 radical (unpaired) electrons. The summed E-state index contributed by atoms with van der Waals surface area (Å²) in [4.78, 5) is 10.5. The second-order valence-electron chi connectivity index (χ2n) is 3.09. The fraction of sp³-hybridized carbons (Fsp3) is 0.900. The van der Waals surface area contributed by atoms with E-state index in [0.29, 0.717) is 6.42 Å². The van der Waals surface area contributed by atoms with Crippen molar-refractivity contribution in [3.8, 4) is 0 Å². The van der Waals surface area contributed by atoms with Gasteiger partial charge in [0.2, 0.25) is 0 Å². The molecule has 1 aliphatic carbocycles. The summed E-state index contributed by atoms with van der Waals surface area (Å²) in [7, 11) is 1.42. The van der Waals surface area contributed by atoms with Gasteiger partial charge in [-0.05, 0) is 6.42 Å². The first-order chi connectivity index (χ1) is 5.81. The molecule has 0 atom stereocenters. The number of rotatable bonds is 4. The lowest BCUT2D eigenvalue weighted by atomic mass is 10.2. The summed E-state index contributed by atoms with van der Waals surface area (Å²) >= 11 is 0. The van der Waals surface area contributed by atoms with E-state index in [1.54, 1.807) is 0 Å². The maximum Gasteiger partial charge on any atom is 0.305 e. The van der Waals surface area contributed by atoms with Crippen LogP contribution in [0, 0.1) is 0 Å². The molecular weight excluding hydrogens is 152 g/mol. The molecule has 1 saturated carbocycles. The van der Waals surface area contributed by atoms with Gasteiger partial charge in [-0.25, -0.2) is 0 Å².